The summed E-state index contributed by atoms with van der Waals surface area (Å²) >= 11 is 3.43. The van der Waals surface area contributed by atoms with Crippen molar-refractivity contribution in [2.75, 3.05) is 6.61 Å². The summed E-state index contributed by atoms with van der Waals surface area (Å²) in [6, 6.07) is 8.21. The third-order valence-electron chi connectivity index (χ3n) is 4.14. The lowest BCUT2D eigenvalue weighted by Gasteiger charge is -2.39. The van der Waals surface area contributed by atoms with E-state index in [1.165, 1.54) is 6.42 Å². The molecule has 0 bridgehead atoms. The van der Waals surface area contributed by atoms with Crippen LogP contribution in [0.5, 0.6) is 5.75 Å². The molecule has 0 spiro atoms. The molecular weight excluding hydrogens is 344 g/mol. The van der Waals surface area contributed by atoms with E-state index < -0.39 is 0 Å². The molecule has 1 amide bonds. The van der Waals surface area contributed by atoms with Gasteiger partial charge in [0.05, 0.1) is 17.0 Å². The van der Waals surface area contributed by atoms with Gasteiger partial charge in [-0.15, -0.1) is 0 Å². The zero-order chi connectivity index (χ0) is 16.1. The van der Waals surface area contributed by atoms with Gasteiger partial charge < -0.3 is 9.64 Å². The van der Waals surface area contributed by atoms with Crippen molar-refractivity contribution in [2.24, 2.45) is 0 Å². The molecule has 0 saturated carbocycles. The Hall–Kier alpha value is -1.54. The third-order valence-corrected chi connectivity index (χ3v) is 4.76. The lowest BCUT2D eigenvalue weighted by atomic mass is 9.97. The fraction of sp³-hybridized carbons (Fsp3) is 0.529. The number of piperidine rings is 1. The van der Waals surface area contributed by atoms with Crippen LogP contribution in [0.3, 0.4) is 0 Å². The average molecular weight is 365 g/mol. The Morgan fingerprint density at radius 2 is 2.09 bits per heavy atom. The summed E-state index contributed by atoms with van der Waals surface area (Å²) in [6.45, 7) is 4.19. The lowest BCUT2D eigenvalue weighted by molar-refractivity contribution is -0.139. The summed E-state index contributed by atoms with van der Waals surface area (Å²) < 4.78 is 6.51. The predicted octanol–water partition coefficient (Wildman–Crippen LogP) is 3.68. The predicted molar refractivity (Wildman–Crippen MR) is 88.6 cm³/mol. The highest BCUT2D eigenvalue weighted by molar-refractivity contribution is 9.10. The molecule has 2 unspecified atom stereocenters. The minimum atomic E-state index is 0.00964. The van der Waals surface area contributed by atoms with Gasteiger partial charge in [-0.3, -0.25) is 4.79 Å². The number of amides is 1. The molecule has 1 saturated heterocycles. The van der Waals surface area contributed by atoms with Crippen molar-refractivity contribution in [3.05, 3.63) is 28.2 Å². The summed E-state index contributed by atoms with van der Waals surface area (Å²) in [6.07, 6.45) is 3.53. The molecule has 118 valence electrons. The number of para-hydroxylation sites is 1. The molecule has 0 N–H and O–H groups in total. The van der Waals surface area contributed by atoms with Crippen LogP contribution < -0.4 is 4.74 Å². The zero-order valence-corrected chi connectivity index (χ0v) is 14.6. The van der Waals surface area contributed by atoms with Gasteiger partial charge in [-0.2, -0.15) is 5.26 Å². The monoisotopic (exact) mass is 364 g/mol. The molecule has 22 heavy (non-hydrogen) atoms. The number of halogens is 1. The van der Waals surface area contributed by atoms with Gasteiger partial charge >= 0.3 is 0 Å². The number of hydrogen-bond acceptors (Lipinski definition) is 3. The van der Waals surface area contributed by atoms with E-state index in [0.717, 1.165) is 22.9 Å². The van der Waals surface area contributed by atoms with Crippen LogP contribution in [0.15, 0.2) is 22.7 Å². The molecule has 5 heteroatoms. The first-order chi connectivity index (χ1) is 10.5. The van der Waals surface area contributed by atoms with Gasteiger partial charge in [-0.25, -0.2) is 0 Å². The Balaban J connectivity index is 2.07. The number of carbonyl (C=O) groups excluding carboxylic acids is 1. The molecule has 1 heterocycles. The standard InChI is InChI=1S/C17H21BrN2O2/c1-12-5-3-6-13(2)20(12)16(21)11-22-17-14(9-10-19)7-4-8-15(17)18/h4,7-8,12-13H,3,5-6,9,11H2,1-2H3. The molecule has 2 atom stereocenters. The average Bonchev–Trinajstić information content (AvgIpc) is 2.47. The van der Waals surface area contributed by atoms with Crippen molar-refractivity contribution < 1.29 is 9.53 Å². The van der Waals surface area contributed by atoms with Crippen LogP contribution in [0, 0.1) is 11.3 Å². The third kappa shape index (κ3) is 3.80. The number of benzene rings is 1. The number of nitrogens with zero attached hydrogens (tertiary/aromatic N) is 2. The van der Waals surface area contributed by atoms with Gasteiger partial charge in [0.1, 0.15) is 5.75 Å². The van der Waals surface area contributed by atoms with E-state index in [2.05, 4.69) is 35.8 Å². The SMILES string of the molecule is CC1CCCC(C)N1C(=O)COc1c(Br)cccc1CC#N. The first-order valence-corrected chi connectivity index (χ1v) is 8.42. The molecule has 1 aliphatic heterocycles. The number of ether oxygens (including phenoxy) is 1. The molecule has 1 fully saturated rings. The smallest absolute Gasteiger partial charge is 0.260 e. The maximum Gasteiger partial charge on any atom is 0.260 e. The topological polar surface area (TPSA) is 53.3 Å². The molecule has 2 rings (SSSR count). The maximum absolute atomic E-state index is 12.5. The van der Waals surface area contributed by atoms with Crippen molar-refractivity contribution in [3.63, 3.8) is 0 Å². The Morgan fingerprint density at radius 3 is 2.73 bits per heavy atom. The van der Waals surface area contributed by atoms with E-state index in [1.54, 1.807) is 0 Å². The van der Waals surface area contributed by atoms with Crippen LogP contribution in [0.1, 0.15) is 38.7 Å². The van der Waals surface area contributed by atoms with Crippen molar-refractivity contribution in [3.8, 4) is 11.8 Å². The second kappa shape index (κ2) is 7.64. The van der Waals surface area contributed by atoms with Crippen molar-refractivity contribution in [2.45, 2.75) is 51.6 Å². The van der Waals surface area contributed by atoms with Crippen molar-refractivity contribution in [1.29, 1.82) is 5.26 Å². The van der Waals surface area contributed by atoms with Gasteiger partial charge in [-0.05, 0) is 55.1 Å². The molecule has 1 aromatic carbocycles. The Bertz CT molecular complexity index is 573. The highest BCUT2D eigenvalue weighted by Gasteiger charge is 2.29. The largest absolute Gasteiger partial charge is 0.482 e. The minimum absolute atomic E-state index is 0.00964. The first-order valence-electron chi connectivity index (χ1n) is 7.63. The molecule has 0 aromatic heterocycles. The van der Waals surface area contributed by atoms with E-state index in [0.29, 0.717) is 5.75 Å². The maximum atomic E-state index is 12.5. The molecular formula is C17H21BrN2O2. The van der Waals surface area contributed by atoms with E-state index in [1.807, 2.05) is 23.1 Å². The Morgan fingerprint density at radius 1 is 1.41 bits per heavy atom. The van der Waals surface area contributed by atoms with E-state index in [-0.39, 0.29) is 31.0 Å². The summed E-state index contributed by atoms with van der Waals surface area (Å²) in [5.41, 5.74) is 0.796. The molecule has 0 aliphatic carbocycles. The van der Waals surface area contributed by atoms with Crippen LogP contribution in [0.25, 0.3) is 0 Å². The lowest BCUT2D eigenvalue weighted by Crippen LogP contribution is -2.49. The number of rotatable bonds is 4. The summed E-state index contributed by atoms with van der Waals surface area (Å²) in [5.74, 6) is 0.605. The van der Waals surface area contributed by atoms with Crippen LogP contribution in [-0.2, 0) is 11.2 Å². The minimum Gasteiger partial charge on any atom is -0.482 e. The highest BCUT2D eigenvalue weighted by Crippen LogP contribution is 2.30. The van der Waals surface area contributed by atoms with Crippen molar-refractivity contribution in [1.82, 2.24) is 4.90 Å². The van der Waals surface area contributed by atoms with Gasteiger partial charge in [0, 0.05) is 17.6 Å². The first kappa shape index (κ1) is 16.8. The zero-order valence-electron chi connectivity index (χ0n) is 13.0. The fourth-order valence-corrected chi connectivity index (χ4v) is 3.58. The van der Waals surface area contributed by atoms with Gasteiger partial charge in [-0.1, -0.05) is 12.1 Å². The van der Waals surface area contributed by atoms with E-state index >= 15 is 0 Å². The van der Waals surface area contributed by atoms with Gasteiger partial charge in [0.2, 0.25) is 0 Å². The van der Waals surface area contributed by atoms with Crippen molar-refractivity contribution >= 4 is 21.8 Å². The summed E-state index contributed by atoms with van der Waals surface area (Å²) in [7, 11) is 0. The molecule has 0 radical (unpaired) electrons. The highest BCUT2D eigenvalue weighted by atomic mass is 79.9. The second-order valence-electron chi connectivity index (χ2n) is 5.78. The molecule has 1 aliphatic rings. The van der Waals surface area contributed by atoms with Crippen LogP contribution in [-0.4, -0.2) is 29.5 Å². The van der Waals surface area contributed by atoms with Gasteiger partial charge in [0.25, 0.3) is 5.91 Å². The van der Waals surface area contributed by atoms with Crippen LogP contribution in [0.2, 0.25) is 0 Å². The van der Waals surface area contributed by atoms with Crippen LogP contribution >= 0.6 is 15.9 Å². The number of likely N-dealkylation sites (tertiary alicyclic amines) is 1. The summed E-state index contributed by atoms with van der Waals surface area (Å²) in [5, 5.41) is 8.89. The quantitative estimate of drug-likeness (QED) is 0.818. The fourth-order valence-electron chi connectivity index (χ4n) is 3.06. The number of hydrogen-bond donors (Lipinski definition) is 0. The van der Waals surface area contributed by atoms with E-state index in [4.69, 9.17) is 10.00 Å². The second-order valence-corrected chi connectivity index (χ2v) is 6.64. The normalized spacial score (nSPS) is 21.3. The molecule has 1 aromatic rings. The summed E-state index contributed by atoms with van der Waals surface area (Å²) in [4.78, 5) is 14.4. The molecule has 4 nitrogen and oxygen atoms in total. The van der Waals surface area contributed by atoms with Crippen LogP contribution in [0.4, 0.5) is 0 Å². The van der Waals surface area contributed by atoms with E-state index in [9.17, 15) is 4.79 Å². The van der Waals surface area contributed by atoms with Gasteiger partial charge in [0.15, 0.2) is 6.61 Å². The Labute approximate surface area is 140 Å². The number of nitriles is 1. The Kier molecular flexibility index (Phi) is 5.84. The number of carbonyl (C=O) groups is 1.